The molecule has 8 heteroatoms. The number of sulfonamides is 1. The van der Waals surface area contributed by atoms with Crippen molar-refractivity contribution in [3.8, 4) is 0 Å². The highest BCUT2D eigenvalue weighted by Gasteiger charge is 2.16. The third-order valence-electron chi connectivity index (χ3n) is 5.99. The summed E-state index contributed by atoms with van der Waals surface area (Å²) in [5, 5.41) is 6.83. The maximum atomic E-state index is 12.7. The van der Waals surface area contributed by atoms with Crippen LogP contribution in [-0.4, -0.2) is 24.4 Å². The van der Waals surface area contributed by atoms with E-state index in [-0.39, 0.29) is 4.90 Å². The van der Waals surface area contributed by atoms with Crippen molar-refractivity contribution in [2.45, 2.75) is 63.8 Å². The average molecular weight is 466 g/mol. The number of rotatable bonds is 7. The molecule has 0 bridgehead atoms. The first-order valence-corrected chi connectivity index (χ1v) is 12.9. The number of nitrogens with zero attached hydrogens (tertiary/aromatic N) is 2. The second-order valence-corrected chi connectivity index (χ2v) is 10.4. The zero-order chi connectivity index (χ0) is 23.4. The largest absolute Gasteiger partial charge is 0.367 e. The van der Waals surface area contributed by atoms with E-state index < -0.39 is 10.0 Å². The smallest absolute Gasteiger partial charge is 0.261 e. The van der Waals surface area contributed by atoms with Gasteiger partial charge in [-0.05, 0) is 81.1 Å². The van der Waals surface area contributed by atoms with Gasteiger partial charge in [0.05, 0.1) is 4.90 Å². The normalized spacial score (nSPS) is 14.6. The topological polar surface area (TPSA) is 96.0 Å². The molecular formula is C25H31N5O2S. The van der Waals surface area contributed by atoms with Gasteiger partial charge in [-0.1, -0.05) is 25.3 Å². The molecule has 7 nitrogen and oxygen atoms in total. The van der Waals surface area contributed by atoms with Crippen molar-refractivity contribution < 1.29 is 8.42 Å². The number of aromatic nitrogens is 2. The van der Waals surface area contributed by atoms with Gasteiger partial charge in [0.25, 0.3) is 10.0 Å². The fourth-order valence-corrected chi connectivity index (χ4v) is 5.17. The van der Waals surface area contributed by atoms with Crippen LogP contribution in [0, 0.1) is 20.8 Å². The van der Waals surface area contributed by atoms with Gasteiger partial charge in [0.1, 0.15) is 17.5 Å². The zero-order valence-electron chi connectivity index (χ0n) is 19.4. The molecule has 33 heavy (non-hydrogen) atoms. The Kier molecular flexibility index (Phi) is 6.83. The number of anilines is 4. The maximum absolute atomic E-state index is 12.7. The van der Waals surface area contributed by atoms with Gasteiger partial charge in [0.2, 0.25) is 0 Å². The average Bonchev–Trinajstić information content (AvgIpc) is 2.77. The van der Waals surface area contributed by atoms with Gasteiger partial charge in [0, 0.05) is 23.5 Å². The van der Waals surface area contributed by atoms with Gasteiger partial charge in [-0.3, -0.25) is 4.72 Å². The standard InChI is InChI=1S/C25H31N5O2S/c1-17-9-14-23(15-18(17)2)33(31,32)30-22-12-10-21(11-13-22)29-25-16-24(26-19(3)27-25)28-20-7-5-4-6-8-20/h9-16,20,30H,4-8H2,1-3H3,(H2,26,27,28,29). The Bertz CT molecular complexity index is 1220. The van der Waals surface area contributed by atoms with Crippen LogP contribution < -0.4 is 15.4 Å². The number of aryl methyl sites for hydroxylation is 3. The minimum atomic E-state index is -3.65. The second kappa shape index (κ2) is 9.79. The Morgan fingerprint density at radius 1 is 0.788 bits per heavy atom. The lowest BCUT2D eigenvalue weighted by Gasteiger charge is -2.23. The highest BCUT2D eigenvalue weighted by atomic mass is 32.2. The minimum Gasteiger partial charge on any atom is -0.367 e. The lowest BCUT2D eigenvalue weighted by atomic mass is 9.95. The molecule has 1 aromatic heterocycles. The highest BCUT2D eigenvalue weighted by molar-refractivity contribution is 7.92. The third-order valence-corrected chi connectivity index (χ3v) is 7.37. The molecule has 0 aliphatic heterocycles. The monoisotopic (exact) mass is 465 g/mol. The lowest BCUT2D eigenvalue weighted by molar-refractivity contribution is 0.462. The summed E-state index contributed by atoms with van der Waals surface area (Å²) in [6, 6.07) is 14.6. The van der Waals surface area contributed by atoms with E-state index in [1.807, 2.05) is 45.0 Å². The van der Waals surface area contributed by atoms with E-state index in [0.717, 1.165) is 22.6 Å². The third kappa shape index (κ3) is 6.01. The Hall–Kier alpha value is -3.13. The van der Waals surface area contributed by atoms with E-state index in [2.05, 4.69) is 25.3 Å². The molecule has 4 rings (SSSR count). The van der Waals surface area contributed by atoms with E-state index in [0.29, 0.717) is 23.4 Å². The predicted octanol–water partition coefficient (Wildman–Crippen LogP) is 5.69. The second-order valence-electron chi connectivity index (χ2n) is 8.72. The molecule has 1 aliphatic rings. The first-order chi connectivity index (χ1) is 15.8. The number of hydrogen-bond acceptors (Lipinski definition) is 6. The molecular weight excluding hydrogens is 434 g/mol. The van der Waals surface area contributed by atoms with Crippen molar-refractivity contribution >= 4 is 33.0 Å². The molecule has 3 N–H and O–H groups in total. The van der Waals surface area contributed by atoms with Crippen LogP contribution in [0.4, 0.5) is 23.0 Å². The molecule has 0 unspecified atom stereocenters. The summed E-state index contributed by atoms with van der Waals surface area (Å²) >= 11 is 0. The van der Waals surface area contributed by atoms with E-state index in [9.17, 15) is 8.42 Å². The molecule has 0 amide bonds. The van der Waals surface area contributed by atoms with Gasteiger partial charge in [-0.15, -0.1) is 0 Å². The molecule has 1 aliphatic carbocycles. The van der Waals surface area contributed by atoms with Crippen LogP contribution in [0.5, 0.6) is 0 Å². The van der Waals surface area contributed by atoms with Gasteiger partial charge >= 0.3 is 0 Å². The fourth-order valence-electron chi connectivity index (χ4n) is 4.03. The van der Waals surface area contributed by atoms with Crippen LogP contribution in [0.3, 0.4) is 0 Å². The summed E-state index contributed by atoms with van der Waals surface area (Å²) in [4.78, 5) is 9.26. The Morgan fingerprint density at radius 3 is 2.15 bits per heavy atom. The van der Waals surface area contributed by atoms with Crippen molar-refractivity contribution in [2.75, 3.05) is 15.4 Å². The van der Waals surface area contributed by atoms with Crippen LogP contribution in [0.25, 0.3) is 0 Å². The minimum absolute atomic E-state index is 0.252. The molecule has 1 heterocycles. The molecule has 1 fully saturated rings. The molecule has 174 valence electrons. The number of nitrogens with one attached hydrogen (secondary N) is 3. The highest BCUT2D eigenvalue weighted by Crippen LogP contribution is 2.24. The molecule has 2 aromatic carbocycles. The Balaban J connectivity index is 1.43. The van der Waals surface area contributed by atoms with Crippen LogP contribution >= 0.6 is 0 Å². The summed E-state index contributed by atoms with van der Waals surface area (Å²) in [5.74, 6) is 2.22. The summed E-state index contributed by atoms with van der Waals surface area (Å²) in [6.45, 7) is 5.74. The maximum Gasteiger partial charge on any atom is 0.261 e. The summed E-state index contributed by atoms with van der Waals surface area (Å²) < 4.78 is 28.1. The van der Waals surface area contributed by atoms with Crippen molar-refractivity contribution in [3.63, 3.8) is 0 Å². The zero-order valence-corrected chi connectivity index (χ0v) is 20.2. The Labute approximate surface area is 196 Å². The van der Waals surface area contributed by atoms with Crippen LogP contribution in [0.1, 0.15) is 49.1 Å². The fraction of sp³-hybridized carbons (Fsp3) is 0.360. The van der Waals surface area contributed by atoms with Gasteiger partial charge in [-0.25, -0.2) is 18.4 Å². The molecule has 1 saturated carbocycles. The SMILES string of the molecule is Cc1nc(Nc2ccc(NS(=O)(=O)c3ccc(C)c(C)c3)cc2)cc(NC2CCCCC2)n1. The van der Waals surface area contributed by atoms with E-state index in [1.165, 1.54) is 32.1 Å². The van der Waals surface area contributed by atoms with Crippen molar-refractivity contribution in [1.82, 2.24) is 9.97 Å². The summed E-state index contributed by atoms with van der Waals surface area (Å²) in [6.07, 6.45) is 6.17. The number of benzene rings is 2. The lowest BCUT2D eigenvalue weighted by Crippen LogP contribution is -2.23. The van der Waals surface area contributed by atoms with Crippen LogP contribution in [0.15, 0.2) is 53.4 Å². The first kappa shape index (κ1) is 23.0. The molecule has 0 radical (unpaired) electrons. The molecule has 0 spiro atoms. The van der Waals surface area contributed by atoms with Gasteiger partial charge in [-0.2, -0.15) is 0 Å². The van der Waals surface area contributed by atoms with Crippen molar-refractivity contribution in [3.05, 3.63) is 65.5 Å². The van der Waals surface area contributed by atoms with Crippen molar-refractivity contribution in [2.24, 2.45) is 0 Å². The van der Waals surface area contributed by atoms with E-state index >= 15 is 0 Å². The van der Waals surface area contributed by atoms with E-state index in [1.54, 1.807) is 24.3 Å². The van der Waals surface area contributed by atoms with Crippen molar-refractivity contribution in [1.29, 1.82) is 0 Å². The quantitative estimate of drug-likeness (QED) is 0.415. The molecule has 3 aromatic rings. The summed E-state index contributed by atoms with van der Waals surface area (Å²) in [5.41, 5.74) is 3.31. The number of hydrogen-bond donors (Lipinski definition) is 3. The summed E-state index contributed by atoms with van der Waals surface area (Å²) in [7, 11) is -3.65. The Morgan fingerprint density at radius 2 is 1.45 bits per heavy atom. The molecule has 0 saturated heterocycles. The van der Waals surface area contributed by atoms with Crippen LogP contribution in [0.2, 0.25) is 0 Å². The first-order valence-electron chi connectivity index (χ1n) is 11.4. The van der Waals surface area contributed by atoms with Gasteiger partial charge < -0.3 is 10.6 Å². The predicted molar refractivity (Wildman–Crippen MR) is 134 cm³/mol. The molecule has 0 atom stereocenters. The van der Waals surface area contributed by atoms with Crippen LogP contribution in [-0.2, 0) is 10.0 Å². The van der Waals surface area contributed by atoms with E-state index in [4.69, 9.17) is 0 Å². The van der Waals surface area contributed by atoms with Gasteiger partial charge in [0.15, 0.2) is 0 Å².